The molecule has 0 aromatic carbocycles. The molecule has 1 fully saturated rings. The van der Waals surface area contributed by atoms with E-state index in [2.05, 4.69) is 0 Å². The third kappa shape index (κ3) is 2.18. The lowest BCUT2D eigenvalue weighted by molar-refractivity contribution is -0.154. The molecule has 0 radical (unpaired) electrons. The summed E-state index contributed by atoms with van der Waals surface area (Å²) in [5.74, 6) is -1.49. The minimum Gasteiger partial charge on any atom is -0.374 e. The summed E-state index contributed by atoms with van der Waals surface area (Å²) in [5, 5.41) is 9.40. The van der Waals surface area contributed by atoms with Gasteiger partial charge in [-0.15, -0.1) is 0 Å². The molecule has 1 aliphatic rings. The predicted octanol–water partition coefficient (Wildman–Crippen LogP) is -0.951. The van der Waals surface area contributed by atoms with Crippen LogP contribution in [0.4, 0.5) is 0 Å². The summed E-state index contributed by atoms with van der Waals surface area (Å²) in [4.78, 5) is 22.9. The van der Waals surface area contributed by atoms with E-state index in [1.165, 1.54) is 0 Å². The van der Waals surface area contributed by atoms with Crippen molar-refractivity contribution in [3.8, 4) is 0 Å². The van der Waals surface area contributed by atoms with Gasteiger partial charge in [0.2, 0.25) is 0 Å². The van der Waals surface area contributed by atoms with Crippen LogP contribution in [0.15, 0.2) is 0 Å². The summed E-state index contributed by atoms with van der Waals surface area (Å²) in [5.41, 5.74) is 4.83. The van der Waals surface area contributed by atoms with E-state index in [-0.39, 0.29) is 0 Å². The van der Waals surface area contributed by atoms with Crippen molar-refractivity contribution in [2.24, 2.45) is 11.7 Å². The number of aliphatic hydroxyl groups excluding tert-OH is 1. The molecule has 1 rings (SSSR count). The van der Waals surface area contributed by atoms with Crippen LogP contribution in [0.1, 0.15) is 19.8 Å². The van der Waals surface area contributed by atoms with Gasteiger partial charge in [-0.3, -0.25) is 9.59 Å². The van der Waals surface area contributed by atoms with Gasteiger partial charge in [0.1, 0.15) is 6.23 Å². The zero-order chi connectivity index (χ0) is 10.0. The number of hydrogen-bond acceptors (Lipinski definition) is 3. The van der Waals surface area contributed by atoms with E-state index in [0.717, 1.165) is 11.3 Å². The Morgan fingerprint density at radius 2 is 2.08 bits per heavy atom. The third-order valence-corrected chi connectivity index (χ3v) is 2.26. The highest BCUT2D eigenvalue weighted by Crippen LogP contribution is 2.19. The Morgan fingerprint density at radius 3 is 2.62 bits per heavy atom. The monoisotopic (exact) mass is 186 g/mol. The van der Waals surface area contributed by atoms with Gasteiger partial charge in [0.15, 0.2) is 0 Å². The van der Waals surface area contributed by atoms with Gasteiger partial charge in [0, 0.05) is 6.54 Å². The molecule has 0 saturated carbocycles. The molecular formula is C8H14N2O3. The second kappa shape index (κ2) is 3.74. The van der Waals surface area contributed by atoms with Crippen LogP contribution in [-0.2, 0) is 9.59 Å². The number of nitrogens with two attached hydrogens (primary N) is 1. The second-order valence-electron chi connectivity index (χ2n) is 3.48. The summed E-state index contributed by atoms with van der Waals surface area (Å²) in [6.45, 7) is 2.37. The highest BCUT2D eigenvalue weighted by Gasteiger charge is 2.30. The Bertz CT molecular complexity index is 229. The molecule has 0 bridgehead atoms. The number of hydrogen-bond donors (Lipinski definition) is 2. The number of rotatable bonds is 0. The molecule has 5 nitrogen and oxygen atoms in total. The molecular weight excluding hydrogens is 172 g/mol. The Kier molecular flexibility index (Phi) is 2.87. The molecule has 2 atom stereocenters. The van der Waals surface area contributed by atoms with E-state index in [1.54, 1.807) is 0 Å². The van der Waals surface area contributed by atoms with E-state index < -0.39 is 18.0 Å². The van der Waals surface area contributed by atoms with Gasteiger partial charge < -0.3 is 15.7 Å². The van der Waals surface area contributed by atoms with Crippen LogP contribution in [0.25, 0.3) is 0 Å². The zero-order valence-electron chi connectivity index (χ0n) is 7.56. The number of piperidine rings is 1. The lowest BCUT2D eigenvalue weighted by Crippen LogP contribution is -2.50. The van der Waals surface area contributed by atoms with Crippen LogP contribution in [0, 0.1) is 5.92 Å². The lowest BCUT2D eigenvalue weighted by Gasteiger charge is -2.34. The first-order chi connectivity index (χ1) is 6.02. The number of carbonyl (C=O) groups excluding carboxylic acids is 2. The molecule has 0 aliphatic carbocycles. The lowest BCUT2D eigenvalue weighted by atomic mass is 9.99. The van der Waals surface area contributed by atoms with Gasteiger partial charge in [0.05, 0.1) is 0 Å². The number of aliphatic hydroxyl groups is 1. The van der Waals surface area contributed by atoms with Crippen molar-refractivity contribution in [2.45, 2.75) is 26.0 Å². The van der Waals surface area contributed by atoms with E-state index in [1.807, 2.05) is 6.92 Å². The molecule has 2 amide bonds. The number of primary amides is 1. The first kappa shape index (κ1) is 9.98. The molecule has 3 N–H and O–H groups in total. The molecule has 0 unspecified atom stereocenters. The first-order valence-electron chi connectivity index (χ1n) is 4.31. The van der Waals surface area contributed by atoms with E-state index in [4.69, 9.17) is 5.73 Å². The van der Waals surface area contributed by atoms with E-state index in [0.29, 0.717) is 18.9 Å². The van der Waals surface area contributed by atoms with Crippen molar-refractivity contribution in [2.75, 3.05) is 6.54 Å². The fourth-order valence-electron chi connectivity index (χ4n) is 1.50. The fraction of sp³-hybridized carbons (Fsp3) is 0.750. The molecule has 1 saturated heterocycles. The smallest absolute Gasteiger partial charge is 0.313 e. The van der Waals surface area contributed by atoms with Crippen LogP contribution in [-0.4, -0.2) is 34.6 Å². The summed E-state index contributed by atoms with van der Waals surface area (Å²) in [6.07, 6.45) is 0.528. The SMILES string of the molecule is C[C@H]1CC[C@H](O)N(C(=O)C(N)=O)C1. The quantitative estimate of drug-likeness (QED) is 0.478. The fourth-order valence-corrected chi connectivity index (χ4v) is 1.50. The number of carbonyl (C=O) groups is 2. The molecule has 0 aromatic rings. The van der Waals surface area contributed by atoms with Crippen LogP contribution >= 0.6 is 0 Å². The van der Waals surface area contributed by atoms with Crippen molar-refractivity contribution in [3.63, 3.8) is 0 Å². The van der Waals surface area contributed by atoms with Crippen molar-refractivity contribution >= 4 is 11.8 Å². The van der Waals surface area contributed by atoms with Crippen LogP contribution in [0.2, 0.25) is 0 Å². The van der Waals surface area contributed by atoms with Gasteiger partial charge >= 0.3 is 11.8 Å². The molecule has 13 heavy (non-hydrogen) atoms. The summed E-state index contributed by atoms with van der Waals surface area (Å²) < 4.78 is 0. The maximum Gasteiger partial charge on any atom is 0.313 e. The maximum absolute atomic E-state index is 11.1. The molecule has 0 spiro atoms. The van der Waals surface area contributed by atoms with E-state index >= 15 is 0 Å². The number of amides is 2. The van der Waals surface area contributed by atoms with Crippen molar-refractivity contribution in [1.29, 1.82) is 0 Å². The van der Waals surface area contributed by atoms with Gasteiger partial charge in [-0.2, -0.15) is 0 Å². The van der Waals surface area contributed by atoms with Gasteiger partial charge in [0.25, 0.3) is 0 Å². The van der Waals surface area contributed by atoms with Crippen LogP contribution < -0.4 is 5.73 Å². The number of likely N-dealkylation sites (tertiary alicyclic amines) is 1. The molecule has 5 heteroatoms. The molecule has 1 aliphatic heterocycles. The summed E-state index contributed by atoms with van der Waals surface area (Å²) in [6, 6.07) is 0. The van der Waals surface area contributed by atoms with Crippen LogP contribution in [0.3, 0.4) is 0 Å². The highest BCUT2D eigenvalue weighted by atomic mass is 16.3. The van der Waals surface area contributed by atoms with Gasteiger partial charge in [-0.1, -0.05) is 6.92 Å². The minimum absolute atomic E-state index is 0.312. The normalized spacial score (nSPS) is 28.6. The molecule has 74 valence electrons. The van der Waals surface area contributed by atoms with Crippen LogP contribution in [0.5, 0.6) is 0 Å². The van der Waals surface area contributed by atoms with Gasteiger partial charge in [-0.05, 0) is 18.8 Å². The Morgan fingerprint density at radius 1 is 1.46 bits per heavy atom. The summed E-state index contributed by atoms with van der Waals surface area (Å²) in [7, 11) is 0. The first-order valence-corrected chi connectivity index (χ1v) is 4.31. The number of nitrogens with zero attached hydrogens (tertiary/aromatic N) is 1. The van der Waals surface area contributed by atoms with Gasteiger partial charge in [-0.25, -0.2) is 0 Å². The largest absolute Gasteiger partial charge is 0.374 e. The molecule has 0 aromatic heterocycles. The highest BCUT2D eigenvalue weighted by molar-refractivity contribution is 6.34. The van der Waals surface area contributed by atoms with Crippen molar-refractivity contribution in [1.82, 2.24) is 4.90 Å². The topological polar surface area (TPSA) is 83.6 Å². The Balaban J connectivity index is 2.65. The predicted molar refractivity (Wildman–Crippen MR) is 45.3 cm³/mol. The average Bonchev–Trinajstić information content (AvgIpc) is 2.08. The molecule has 1 heterocycles. The Labute approximate surface area is 76.5 Å². The Hall–Kier alpha value is -1.10. The second-order valence-corrected chi connectivity index (χ2v) is 3.48. The van der Waals surface area contributed by atoms with E-state index in [9.17, 15) is 14.7 Å². The van der Waals surface area contributed by atoms with Crippen molar-refractivity contribution in [3.05, 3.63) is 0 Å². The third-order valence-electron chi connectivity index (χ3n) is 2.26. The summed E-state index contributed by atoms with van der Waals surface area (Å²) >= 11 is 0. The minimum atomic E-state index is -1.01. The standard InChI is InChI=1S/C8H14N2O3/c1-5-2-3-6(11)10(4-5)8(13)7(9)12/h5-6,11H,2-4H2,1H3,(H2,9,12)/t5-,6-/m0/s1. The maximum atomic E-state index is 11.1. The zero-order valence-corrected chi connectivity index (χ0v) is 7.56. The average molecular weight is 186 g/mol. The van der Waals surface area contributed by atoms with Crippen molar-refractivity contribution < 1.29 is 14.7 Å².